The molecule has 1 aliphatic rings. The van der Waals surface area contributed by atoms with Gasteiger partial charge in [0.05, 0.1) is 7.11 Å². The first kappa shape index (κ1) is 37.2. The van der Waals surface area contributed by atoms with Gasteiger partial charge in [-0.05, 0) is 70.8 Å². The van der Waals surface area contributed by atoms with E-state index in [0.29, 0.717) is 0 Å². The number of carboxylic acids is 1. The maximum absolute atomic E-state index is 14.1. The van der Waals surface area contributed by atoms with Crippen molar-refractivity contribution in [1.29, 1.82) is 0 Å². The number of phenolic OH excluding ortho intramolecular Hbond substituents is 7. The lowest BCUT2D eigenvalue weighted by Crippen LogP contribution is -2.33. The van der Waals surface area contributed by atoms with Crippen molar-refractivity contribution in [3.8, 4) is 46.0 Å². The average Bonchev–Trinajstić information content (AvgIpc) is 3.53. The van der Waals surface area contributed by atoms with Crippen LogP contribution in [0.4, 0.5) is 0 Å². The Morgan fingerprint density at radius 3 is 1.79 bits per heavy atom. The second kappa shape index (κ2) is 15.4. The van der Waals surface area contributed by atoms with Crippen molar-refractivity contribution >= 4 is 30.0 Å². The number of carbonyl (C=O) groups is 4. The van der Waals surface area contributed by atoms with E-state index in [0.717, 1.165) is 49.6 Å². The highest BCUT2D eigenvalue weighted by molar-refractivity contribution is 5.92. The highest BCUT2D eigenvalue weighted by Gasteiger charge is 2.46. The Balaban J connectivity index is 1.49. The smallest absolute Gasteiger partial charge is 0.347 e. The zero-order valence-corrected chi connectivity index (χ0v) is 27.6. The summed E-state index contributed by atoms with van der Waals surface area (Å²) in [6, 6.07) is 13.3. The molecule has 1 aliphatic heterocycles. The van der Waals surface area contributed by atoms with Crippen LogP contribution < -0.4 is 4.74 Å². The first-order chi connectivity index (χ1) is 25.2. The molecule has 8 N–H and O–H groups in total. The largest absolute Gasteiger partial charge is 0.504 e. The highest BCUT2D eigenvalue weighted by Crippen LogP contribution is 2.53. The number of methoxy groups -OCH3 is 1. The summed E-state index contributed by atoms with van der Waals surface area (Å²) in [5, 5.41) is 79.5. The van der Waals surface area contributed by atoms with Gasteiger partial charge in [-0.15, -0.1) is 0 Å². The Kier molecular flexibility index (Phi) is 10.8. The van der Waals surface area contributed by atoms with Crippen molar-refractivity contribution < 1.29 is 79.0 Å². The van der Waals surface area contributed by atoms with Gasteiger partial charge >= 0.3 is 23.9 Å². The van der Waals surface area contributed by atoms with Crippen LogP contribution in [0.2, 0.25) is 0 Å². The van der Waals surface area contributed by atoms with Crippen LogP contribution >= 0.6 is 0 Å². The summed E-state index contributed by atoms with van der Waals surface area (Å²) in [6.07, 6.45) is -3.35. The van der Waals surface area contributed by atoms with Gasteiger partial charge in [0, 0.05) is 24.5 Å². The molecule has 0 radical (unpaired) electrons. The number of hydrogen-bond donors (Lipinski definition) is 8. The third-order valence-corrected chi connectivity index (χ3v) is 8.23. The van der Waals surface area contributed by atoms with E-state index in [2.05, 4.69) is 0 Å². The number of aromatic hydroxyl groups is 7. The molecule has 0 amide bonds. The Morgan fingerprint density at radius 1 is 0.698 bits per heavy atom. The molecule has 0 spiro atoms. The summed E-state index contributed by atoms with van der Waals surface area (Å²) >= 11 is 0. The molecular weight excluding hydrogens is 700 g/mol. The average molecular weight is 733 g/mol. The maximum atomic E-state index is 14.1. The summed E-state index contributed by atoms with van der Waals surface area (Å²) in [7, 11) is 1.05. The molecule has 0 bridgehead atoms. The van der Waals surface area contributed by atoms with Crippen LogP contribution in [0.15, 0.2) is 72.8 Å². The van der Waals surface area contributed by atoms with E-state index < -0.39 is 88.4 Å². The minimum absolute atomic E-state index is 0.0446. The number of aliphatic carboxylic acids is 1. The third kappa shape index (κ3) is 8.28. The van der Waals surface area contributed by atoms with E-state index in [4.69, 9.17) is 18.9 Å². The Hall–Kier alpha value is -7.10. The van der Waals surface area contributed by atoms with Crippen molar-refractivity contribution in [3.05, 3.63) is 101 Å². The van der Waals surface area contributed by atoms with Crippen LogP contribution in [-0.4, -0.2) is 84.0 Å². The number of fused-ring (bicyclic) bond motifs is 1. The molecule has 0 aliphatic carbocycles. The normalized spacial score (nSPS) is 15.9. The van der Waals surface area contributed by atoms with Gasteiger partial charge in [-0.1, -0.05) is 24.3 Å². The maximum Gasteiger partial charge on any atom is 0.347 e. The van der Waals surface area contributed by atoms with Gasteiger partial charge in [0.25, 0.3) is 0 Å². The van der Waals surface area contributed by atoms with Gasteiger partial charge in [-0.25, -0.2) is 14.4 Å². The van der Waals surface area contributed by atoms with Crippen molar-refractivity contribution in [1.82, 2.24) is 0 Å². The second-order valence-corrected chi connectivity index (χ2v) is 11.8. The van der Waals surface area contributed by atoms with E-state index in [1.807, 2.05) is 0 Å². The molecule has 0 fully saturated rings. The lowest BCUT2D eigenvalue weighted by Gasteiger charge is -2.22. The number of rotatable bonds is 12. The minimum atomic E-state index is -1.72. The number of phenols is 7. The predicted molar refractivity (Wildman–Crippen MR) is 179 cm³/mol. The highest BCUT2D eigenvalue weighted by atomic mass is 16.6. The number of ether oxygens (including phenoxy) is 4. The molecule has 276 valence electrons. The van der Waals surface area contributed by atoms with Crippen LogP contribution in [-0.2, 0) is 46.2 Å². The third-order valence-electron chi connectivity index (χ3n) is 8.23. The van der Waals surface area contributed by atoms with Crippen molar-refractivity contribution in [2.45, 2.75) is 37.1 Å². The SMILES string of the molecule is COC(=O)[C@@H](Cc1ccc(O)c(O)c1)OC(=O)[C@H]1c2c(C=CC(=O)O[C@H](Cc3ccc(O)c(O)c3)C(=O)O)ccc(O)c2O[C@H]1c1ccc(O)c(O)c1. The molecule has 5 rings (SSSR count). The molecule has 4 aromatic carbocycles. The van der Waals surface area contributed by atoms with E-state index in [-0.39, 0.29) is 46.4 Å². The Labute approximate surface area is 299 Å². The Morgan fingerprint density at radius 2 is 1.25 bits per heavy atom. The molecule has 16 nitrogen and oxygen atoms in total. The quantitative estimate of drug-likeness (QED) is 0.0449. The second-order valence-electron chi connectivity index (χ2n) is 11.8. The Bertz CT molecular complexity index is 2100. The molecule has 16 heteroatoms. The summed E-state index contributed by atoms with van der Waals surface area (Å²) in [4.78, 5) is 51.7. The predicted octanol–water partition coefficient (Wildman–Crippen LogP) is 3.42. The van der Waals surface area contributed by atoms with Gasteiger partial charge in [0.1, 0.15) is 12.0 Å². The number of benzene rings is 4. The topological polar surface area (TPSA) is 267 Å². The summed E-state index contributed by atoms with van der Waals surface area (Å²) in [5.74, 6) is -9.88. The standard InChI is InChI=1S/C37H32O16/c1-50-36(48)29(15-18-3-8-22(39)26(43)13-18)52-37(49)32-31-19(4-10-24(41)34(31)53-33(32)20-5-9-23(40)27(44)16-20)6-11-30(45)51-28(35(46)47)14-17-2-7-21(38)25(42)12-17/h2-13,16,28-29,32-33,38-44H,14-15H2,1H3,(H,46,47)/t28-,29-,32+,33+/m1/s1. The van der Waals surface area contributed by atoms with Gasteiger partial charge < -0.3 is 59.8 Å². The zero-order valence-electron chi connectivity index (χ0n) is 27.6. The number of carboxylic acid groups (broad SMARTS) is 1. The van der Waals surface area contributed by atoms with Crippen molar-refractivity contribution in [3.63, 3.8) is 0 Å². The fraction of sp³-hybridized carbons (Fsp3) is 0.189. The summed E-state index contributed by atoms with van der Waals surface area (Å²) in [6.45, 7) is 0. The number of esters is 3. The first-order valence-corrected chi connectivity index (χ1v) is 15.6. The zero-order chi connectivity index (χ0) is 38.6. The van der Waals surface area contributed by atoms with E-state index in [1.165, 1.54) is 36.4 Å². The van der Waals surface area contributed by atoms with Gasteiger partial charge in [-0.3, -0.25) is 4.79 Å². The lowest BCUT2D eigenvalue weighted by molar-refractivity contribution is -0.167. The molecule has 0 unspecified atom stereocenters. The van der Waals surface area contributed by atoms with Crippen LogP contribution in [0.25, 0.3) is 6.08 Å². The van der Waals surface area contributed by atoms with Crippen LogP contribution in [0, 0.1) is 0 Å². The molecule has 0 saturated heterocycles. The van der Waals surface area contributed by atoms with Crippen LogP contribution in [0.1, 0.15) is 39.8 Å². The van der Waals surface area contributed by atoms with Crippen molar-refractivity contribution in [2.24, 2.45) is 0 Å². The fourth-order valence-electron chi connectivity index (χ4n) is 5.61. The molecule has 4 aromatic rings. The number of carbonyl (C=O) groups excluding carboxylic acids is 3. The fourth-order valence-corrected chi connectivity index (χ4v) is 5.61. The summed E-state index contributed by atoms with van der Waals surface area (Å²) in [5.41, 5.74) is 0.661. The van der Waals surface area contributed by atoms with E-state index in [9.17, 15) is 60.0 Å². The molecule has 0 saturated carbocycles. The first-order valence-electron chi connectivity index (χ1n) is 15.6. The van der Waals surface area contributed by atoms with Crippen LogP contribution in [0.5, 0.6) is 46.0 Å². The minimum Gasteiger partial charge on any atom is -0.504 e. The molecule has 53 heavy (non-hydrogen) atoms. The monoisotopic (exact) mass is 732 g/mol. The van der Waals surface area contributed by atoms with Gasteiger partial charge in [0.15, 0.2) is 46.0 Å². The molecule has 4 atom stereocenters. The summed E-state index contributed by atoms with van der Waals surface area (Å²) < 4.78 is 21.6. The number of hydrogen-bond acceptors (Lipinski definition) is 15. The molecule has 1 heterocycles. The van der Waals surface area contributed by atoms with E-state index in [1.54, 1.807) is 0 Å². The van der Waals surface area contributed by atoms with E-state index >= 15 is 0 Å². The van der Waals surface area contributed by atoms with Crippen LogP contribution in [0.3, 0.4) is 0 Å². The van der Waals surface area contributed by atoms with Gasteiger partial charge in [-0.2, -0.15) is 0 Å². The van der Waals surface area contributed by atoms with Crippen molar-refractivity contribution in [2.75, 3.05) is 7.11 Å². The van der Waals surface area contributed by atoms with Gasteiger partial charge in [0.2, 0.25) is 12.2 Å². The molecular formula is C37H32O16. The lowest BCUT2D eigenvalue weighted by atomic mass is 9.87. The molecule has 0 aromatic heterocycles.